The van der Waals surface area contributed by atoms with Gasteiger partial charge in [0, 0.05) is 0 Å². The highest BCUT2D eigenvalue weighted by atomic mass is 19.4. The fourth-order valence-electron chi connectivity index (χ4n) is 1.50. The normalized spacial score (nSPS) is 12.1. The van der Waals surface area contributed by atoms with E-state index in [-0.39, 0.29) is 12.2 Å². The molecule has 9 heteroatoms. The zero-order valence-corrected chi connectivity index (χ0v) is 10.6. The summed E-state index contributed by atoms with van der Waals surface area (Å²) in [4.78, 5) is 11.2. The maximum atomic E-state index is 12.6. The van der Waals surface area contributed by atoms with Crippen molar-refractivity contribution < 1.29 is 40.6 Å². The van der Waals surface area contributed by atoms with Gasteiger partial charge in [-0.25, -0.2) is 0 Å². The molecule has 0 bridgehead atoms. The van der Waals surface area contributed by atoms with E-state index < -0.39 is 36.2 Å². The van der Waals surface area contributed by atoms with Crippen LogP contribution in [0.5, 0.6) is 5.75 Å². The molecule has 1 aromatic carbocycles. The molecule has 1 rings (SSSR count). The molecule has 0 heterocycles. The number of benzene rings is 1. The lowest BCUT2D eigenvalue weighted by Crippen LogP contribution is -2.20. The minimum atomic E-state index is -5.28. The van der Waals surface area contributed by atoms with Crippen molar-refractivity contribution in [3.8, 4) is 5.75 Å². The third-order valence-corrected chi connectivity index (χ3v) is 2.23. The lowest BCUT2D eigenvalue weighted by molar-refractivity contribution is -0.276. The summed E-state index contributed by atoms with van der Waals surface area (Å²) in [5.74, 6) is -2.17. The molecule has 3 nitrogen and oxygen atoms in total. The van der Waals surface area contributed by atoms with Gasteiger partial charge in [0.2, 0.25) is 0 Å². The second-order valence-corrected chi connectivity index (χ2v) is 3.86. The molecule has 0 unspecified atom stereocenters. The molecule has 0 N–H and O–H groups in total. The molecule has 0 aliphatic heterocycles. The Labute approximate surface area is 115 Å². The van der Waals surface area contributed by atoms with E-state index in [1.54, 1.807) is 0 Å². The van der Waals surface area contributed by atoms with E-state index in [0.29, 0.717) is 12.1 Å². The van der Waals surface area contributed by atoms with Crippen LogP contribution in [-0.2, 0) is 22.1 Å². The van der Waals surface area contributed by atoms with E-state index in [1.807, 2.05) is 0 Å². The van der Waals surface area contributed by atoms with Crippen molar-refractivity contribution in [2.75, 3.05) is 6.61 Å². The van der Waals surface area contributed by atoms with Crippen LogP contribution in [0.4, 0.5) is 26.3 Å². The Kier molecular flexibility index (Phi) is 5.08. The number of halogens is 6. The summed E-state index contributed by atoms with van der Waals surface area (Å²) < 4.78 is 82.2. The van der Waals surface area contributed by atoms with Gasteiger partial charge < -0.3 is 9.47 Å². The van der Waals surface area contributed by atoms with Crippen molar-refractivity contribution in [3.63, 3.8) is 0 Å². The van der Waals surface area contributed by atoms with Crippen LogP contribution in [0.1, 0.15) is 18.1 Å². The van der Waals surface area contributed by atoms with Gasteiger partial charge in [-0.15, -0.1) is 13.2 Å². The van der Waals surface area contributed by atoms with Crippen molar-refractivity contribution >= 4 is 5.97 Å². The number of hydrogen-bond donors (Lipinski definition) is 0. The van der Waals surface area contributed by atoms with Crippen LogP contribution >= 0.6 is 0 Å². The highest BCUT2D eigenvalue weighted by molar-refractivity contribution is 5.72. The van der Waals surface area contributed by atoms with Crippen LogP contribution in [0.25, 0.3) is 0 Å². The van der Waals surface area contributed by atoms with Gasteiger partial charge >= 0.3 is 18.5 Å². The zero-order valence-electron chi connectivity index (χ0n) is 10.6. The summed E-state index contributed by atoms with van der Waals surface area (Å²) >= 11 is 0. The summed E-state index contributed by atoms with van der Waals surface area (Å²) in [6.45, 7) is 1.56. The van der Waals surface area contributed by atoms with E-state index in [2.05, 4.69) is 9.47 Å². The zero-order chi connectivity index (χ0) is 16.3. The first kappa shape index (κ1) is 17.1. The van der Waals surface area contributed by atoms with Crippen LogP contribution in [-0.4, -0.2) is 18.9 Å². The summed E-state index contributed by atoms with van der Waals surface area (Å²) in [7, 11) is 0. The first-order valence-electron chi connectivity index (χ1n) is 5.64. The molecule has 118 valence electrons. The minimum Gasteiger partial charge on any atom is -0.466 e. The third-order valence-electron chi connectivity index (χ3n) is 2.23. The standard InChI is InChI=1S/C12H10F6O3/c1-2-20-10(19)6-7-3-4-8(11(13,14)15)9(5-7)21-12(16,17)18/h3-5H,2,6H2,1H3. The second kappa shape index (κ2) is 6.23. The topological polar surface area (TPSA) is 35.5 Å². The van der Waals surface area contributed by atoms with Gasteiger partial charge in [-0.3, -0.25) is 4.79 Å². The second-order valence-electron chi connectivity index (χ2n) is 3.86. The Balaban J connectivity index is 3.12. The van der Waals surface area contributed by atoms with E-state index in [9.17, 15) is 31.1 Å². The SMILES string of the molecule is CCOC(=O)Cc1ccc(C(F)(F)F)c(OC(F)(F)F)c1. The van der Waals surface area contributed by atoms with Crippen molar-refractivity contribution in [1.82, 2.24) is 0 Å². The lowest BCUT2D eigenvalue weighted by atomic mass is 10.1. The molecule has 0 saturated carbocycles. The van der Waals surface area contributed by atoms with Gasteiger partial charge in [0.25, 0.3) is 0 Å². The Morgan fingerprint density at radius 3 is 2.24 bits per heavy atom. The van der Waals surface area contributed by atoms with Gasteiger partial charge in [-0.05, 0) is 24.6 Å². The summed E-state index contributed by atoms with van der Waals surface area (Å²) in [5.41, 5.74) is -1.66. The fourth-order valence-corrected chi connectivity index (χ4v) is 1.50. The average Bonchev–Trinajstić information content (AvgIpc) is 2.25. The van der Waals surface area contributed by atoms with Crippen molar-refractivity contribution in [2.45, 2.75) is 25.9 Å². The van der Waals surface area contributed by atoms with Gasteiger partial charge in [-0.1, -0.05) is 6.07 Å². The van der Waals surface area contributed by atoms with E-state index in [0.717, 1.165) is 6.07 Å². The third kappa shape index (κ3) is 5.52. The Bertz CT molecular complexity index is 507. The quantitative estimate of drug-likeness (QED) is 0.627. The van der Waals surface area contributed by atoms with E-state index in [1.165, 1.54) is 6.92 Å². The predicted octanol–water partition coefficient (Wildman–Crippen LogP) is 3.71. The molecule has 21 heavy (non-hydrogen) atoms. The molecular formula is C12H10F6O3. The number of esters is 1. The molecule has 1 aromatic rings. The molecule has 0 saturated heterocycles. The molecule has 0 aromatic heterocycles. The van der Waals surface area contributed by atoms with Crippen molar-refractivity contribution in [1.29, 1.82) is 0 Å². The van der Waals surface area contributed by atoms with Crippen LogP contribution in [0.15, 0.2) is 18.2 Å². The van der Waals surface area contributed by atoms with Crippen LogP contribution in [0, 0.1) is 0 Å². The summed E-state index contributed by atoms with van der Waals surface area (Å²) in [6, 6.07) is 1.84. The van der Waals surface area contributed by atoms with Gasteiger partial charge in [0.05, 0.1) is 18.6 Å². The van der Waals surface area contributed by atoms with Gasteiger partial charge in [0.1, 0.15) is 5.75 Å². The molecular weight excluding hydrogens is 306 g/mol. The highest BCUT2D eigenvalue weighted by Gasteiger charge is 2.39. The maximum Gasteiger partial charge on any atom is 0.573 e. The van der Waals surface area contributed by atoms with Gasteiger partial charge in [0.15, 0.2) is 0 Å². The van der Waals surface area contributed by atoms with Gasteiger partial charge in [-0.2, -0.15) is 13.2 Å². The molecule has 0 fully saturated rings. The monoisotopic (exact) mass is 316 g/mol. The fraction of sp³-hybridized carbons (Fsp3) is 0.417. The highest BCUT2D eigenvalue weighted by Crippen LogP contribution is 2.38. The number of alkyl halides is 6. The smallest absolute Gasteiger partial charge is 0.466 e. The lowest BCUT2D eigenvalue weighted by Gasteiger charge is -2.16. The number of rotatable bonds is 4. The maximum absolute atomic E-state index is 12.6. The number of ether oxygens (including phenoxy) is 2. The van der Waals surface area contributed by atoms with Crippen LogP contribution < -0.4 is 4.74 Å². The molecule has 0 atom stereocenters. The Morgan fingerprint density at radius 1 is 1.14 bits per heavy atom. The number of hydrogen-bond acceptors (Lipinski definition) is 3. The largest absolute Gasteiger partial charge is 0.573 e. The summed E-state index contributed by atoms with van der Waals surface area (Å²) in [5, 5.41) is 0. The van der Waals surface area contributed by atoms with E-state index in [4.69, 9.17) is 0 Å². The van der Waals surface area contributed by atoms with E-state index >= 15 is 0 Å². The molecule has 0 radical (unpaired) electrons. The molecule has 0 spiro atoms. The first-order valence-corrected chi connectivity index (χ1v) is 5.64. The Morgan fingerprint density at radius 2 is 1.76 bits per heavy atom. The van der Waals surface area contributed by atoms with Crippen LogP contribution in [0.2, 0.25) is 0 Å². The van der Waals surface area contributed by atoms with Crippen LogP contribution in [0.3, 0.4) is 0 Å². The van der Waals surface area contributed by atoms with Crippen molar-refractivity contribution in [3.05, 3.63) is 29.3 Å². The number of carbonyl (C=O) groups is 1. The molecule has 0 amide bonds. The predicted molar refractivity (Wildman–Crippen MR) is 58.5 cm³/mol. The molecule has 0 aliphatic rings. The molecule has 0 aliphatic carbocycles. The van der Waals surface area contributed by atoms with Crippen molar-refractivity contribution in [2.24, 2.45) is 0 Å². The Hall–Kier alpha value is -1.93. The minimum absolute atomic E-state index is 0.0470. The first-order chi connectivity index (χ1) is 9.53. The average molecular weight is 316 g/mol. The number of carbonyl (C=O) groups excluding carboxylic acids is 1. The summed E-state index contributed by atoms with van der Waals surface area (Å²) in [6.07, 6.45) is -10.7.